The molecule has 2 rings (SSSR count). The maximum absolute atomic E-state index is 11.2. The van der Waals surface area contributed by atoms with E-state index in [4.69, 9.17) is 4.74 Å². The average Bonchev–Trinajstić information content (AvgIpc) is 2.15. The summed E-state index contributed by atoms with van der Waals surface area (Å²) in [7, 11) is -2.74. The summed E-state index contributed by atoms with van der Waals surface area (Å²) in [6, 6.07) is 0.244. The lowest BCUT2D eigenvalue weighted by Crippen LogP contribution is -2.61. The van der Waals surface area contributed by atoms with Gasteiger partial charge in [0.2, 0.25) is 0 Å². The molecule has 4 nitrogen and oxygen atoms in total. The van der Waals surface area contributed by atoms with E-state index >= 15 is 0 Å². The third kappa shape index (κ3) is 1.60. The van der Waals surface area contributed by atoms with Gasteiger partial charge in [-0.1, -0.05) is 0 Å². The third-order valence-electron chi connectivity index (χ3n) is 3.03. The molecule has 0 amide bonds. The summed E-state index contributed by atoms with van der Waals surface area (Å²) in [5, 5.41) is -0.175. The monoisotopic (exact) mass is 205 g/mol. The van der Waals surface area contributed by atoms with Crippen molar-refractivity contribution in [3.63, 3.8) is 0 Å². The number of hydrogen-bond donors (Lipinski definition) is 0. The van der Waals surface area contributed by atoms with E-state index in [1.165, 1.54) is 0 Å². The standard InChI is InChI=1S/C8H15NO3S/c1-7-8(6-13(7,10)11)9-2-4-12-5-3-9/h7-8H,2-6H2,1H3. The second-order valence-corrected chi connectivity index (χ2v) is 6.15. The Kier molecular flexibility index (Phi) is 2.33. The number of rotatable bonds is 1. The Morgan fingerprint density at radius 2 is 1.92 bits per heavy atom. The number of ether oxygens (including phenoxy) is 1. The Labute approximate surface area is 78.8 Å². The van der Waals surface area contributed by atoms with Crippen LogP contribution in [0.3, 0.4) is 0 Å². The van der Waals surface area contributed by atoms with Gasteiger partial charge in [0, 0.05) is 19.1 Å². The van der Waals surface area contributed by atoms with Crippen molar-refractivity contribution in [3.8, 4) is 0 Å². The first kappa shape index (κ1) is 9.43. The Morgan fingerprint density at radius 3 is 2.38 bits per heavy atom. The minimum absolute atomic E-state index is 0.175. The summed E-state index contributed by atoms with van der Waals surface area (Å²) < 4.78 is 27.6. The number of sulfone groups is 1. The van der Waals surface area contributed by atoms with Crippen molar-refractivity contribution in [2.45, 2.75) is 18.2 Å². The van der Waals surface area contributed by atoms with Crippen LogP contribution in [0.1, 0.15) is 6.92 Å². The van der Waals surface area contributed by atoms with Gasteiger partial charge < -0.3 is 4.74 Å². The van der Waals surface area contributed by atoms with Crippen LogP contribution in [0.5, 0.6) is 0 Å². The minimum Gasteiger partial charge on any atom is -0.379 e. The van der Waals surface area contributed by atoms with Gasteiger partial charge in [-0.2, -0.15) is 0 Å². The Hall–Kier alpha value is -0.130. The summed E-state index contributed by atoms with van der Waals surface area (Å²) in [4.78, 5) is 2.23. The SMILES string of the molecule is CC1C(N2CCOCC2)CS1(=O)=O. The molecule has 0 spiro atoms. The number of nitrogens with zero attached hydrogens (tertiary/aromatic N) is 1. The van der Waals surface area contributed by atoms with Crippen molar-refractivity contribution in [3.05, 3.63) is 0 Å². The smallest absolute Gasteiger partial charge is 0.156 e. The van der Waals surface area contributed by atoms with E-state index in [0.29, 0.717) is 5.75 Å². The maximum atomic E-state index is 11.2. The van der Waals surface area contributed by atoms with Crippen LogP contribution < -0.4 is 0 Å². The quantitative estimate of drug-likeness (QED) is 0.579. The zero-order valence-electron chi connectivity index (χ0n) is 7.77. The van der Waals surface area contributed by atoms with Gasteiger partial charge in [0.1, 0.15) is 0 Å². The number of hydrogen-bond acceptors (Lipinski definition) is 4. The topological polar surface area (TPSA) is 46.6 Å². The molecule has 0 N–H and O–H groups in total. The molecule has 0 aliphatic carbocycles. The second kappa shape index (κ2) is 3.22. The fraction of sp³-hybridized carbons (Fsp3) is 1.00. The molecular formula is C8H15NO3S. The molecule has 2 unspecified atom stereocenters. The van der Waals surface area contributed by atoms with E-state index in [0.717, 1.165) is 26.3 Å². The Balaban J connectivity index is 1.96. The van der Waals surface area contributed by atoms with Crippen molar-refractivity contribution < 1.29 is 13.2 Å². The average molecular weight is 205 g/mol. The molecular weight excluding hydrogens is 190 g/mol. The lowest BCUT2D eigenvalue weighted by molar-refractivity contribution is 0.0174. The van der Waals surface area contributed by atoms with Crippen molar-refractivity contribution >= 4 is 9.84 Å². The Bertz CT molecular complexity index is 282. The molecule has 0 saturated carbocycles. The largest absolute Gasteiger partial charge is 0.379 e. The van der Waals surface area contributed by atoms with Gasteiger partial charge in [0.05, 0.1) is 24.2 Å². The van der Waals surface area contributed by atoms with Crippen LogP contribution >= 0.6 is 0 Å². The van der Waals surface area contributed by atoms with Gasteiger partial charge in [-0.25, -0.2) is 8.42 Å². The first-order valence-electron chi connectivity index (χ1n) is 4.64. The molecule has 2 aliphatic heterocycles. The zero-order valence-corrected chi connectivity index (χ0v) is 8.59. The molecule has 2 atom stereocenters. The van der Waals surface area contributed by atoms with Crippen molar-refractivity contribution in [1.82, 2.24) is 4.90 Å². The zero-order chi connectivity index (χ0) is 9.47. The molecule has 76 valence electrons. The molecule has 2 fully saturated rings. The van der Waals surface area contributed by atoms with E-state index in [2.05, 4.69) is 4.90 Å². The highest BCUT2D eigenvalue weighted by atomic mass is 32.2. The first-order chi connectivity index (χ1) is 6.11. The van der Waals surface area contributed by atoms with Crippen molar-refractivity contribution in [2.24, 2.45) is 0 Å². The van der Waals surface area contributed by atoms with Gasteiger partial charge in [0.15, 0.2) is 9.84 Å². The van der Waals surface area contributed by atoms with E-state index < -0.39 is 9.84 Å². The van der Waals surface area contributed by atoms with Gasteiger partial charge in [0.25, 0.3) is 0 Å². The summed E-state index contributed by atoms with van der Waals surface area (Å²) in [5.74, 6) is 0.341. The van der Waals surface area contributed by atoms with E-state index in [-0.39, 0.29) is 11.3 Å². The summed E-state index contributed by atoms with van der Waals surface area (Å²) >= 11 is 0. The van der Waals surface area contributed by atoms with Crippen LogP contribution in [0.25, 0.3) is 0 Å². The van der Waals surface area contributed by atoms with Gasteiger partial charge >= 0.3 is 0 Å². The third-order valence-corrected chi connectivity index (χ3v) is 5.28. The lowest BCUT2D eigenvalue weighted by Gasteiger charge is -2.43. The van der Waals surface area contributed by atoms with E-state index in [9.17, 15) is 8.42 Å². The predicted octanol–water partition coefficient (Wildman–Crippen LogP) is -0.496. The first-order valence-corrected chi connectivity index (χ1v) is 6.36. The molecule has 2 heterocycles. The summed E-state index contributed by atoms with van der Waals surface area (Å²) in [5.41, 5.74) is 0. The van der Waals surface area contributed by atoms with Crippen molar-refractivity contribution in [1.29, 1.82) is 0 Å². The number of morpholine rings is 1. The summed E-state index contributed by atoms with van der Waals surface area (Å²) in [6.45, 7) is 5.04. The molecule has 0 aromatic rings. The minimum atomic E-state index is -2.74. The van der Waals surface area contributed by atoms with Crippen LogP contribution in [0.4, 0.5) is 0 Å². The molecule has 2 aliphatic rings. The molecule has 0 aromatic carbocycles. The summed E-state index contributed by atoms with van der Waals surface area (Å²) in [6.07, 6.45) is 0. The highest BCUT2D eigenvalue weighted by molar-refractivity contribution is 7.93. The fourth-order valence-corrected chi connectivity index (χ4v) is 3.62. The van der Waals surface area contributed by atoms with Gasteiger partial charge in [-0.15, -0.1) is 0 Å². The molecule has 0 radical (unpaired) electrons. The van der Waals surface area contributed by atoms with E-state index in [1.807, 2.05) is 0 Å². The highest BCUT2D eigenvalue weighted by Crippen LogP contribution is 2.26. The molecule has 2 saturated heterocycles. The highest BCUT2D eigenvalue weighted by Gasteiger charge is 2.45. The predicted molar refractivity (Wildman–Crippen MR) is 49.4 cm³/mol. The van der Waals surface area contributed by atoms with Crippen LogP contribution in [0, 0.1) is 0 Å². The van der Waals surface area contributed by atoms with Gasteiger partial charge in [-0.3, -0.25) is 4.90 Å². The molecule has 13 heavy (non-hydrogen) atoms. The van der Waals surface area contributed by atoms with Crippen LogP contribution in [-0.2, 0) is 14.6 Å². The second-order valence-electron chi connectivity index (χ2n) is 3.75. The lowest BCUT2D eigenvalue weighted by atomic mass is 10.2. The van der Waals surface area contributed by atoms with Crippen LogP contribution in [-0.4, -0.2) is 56.7 Å². The maximum Gasteiger partial charge on any atom is 0.156 e. The Morgan fingerprint density at radius 1 is 1.31 bits per heavy atom. The van der Waals surface area contributed by atoms with E-state index in [1.54, 1.807) is 6.92 Å². The molecule has 0 aromatic heterocycles. The van der Waals surface area contributed by atoms with Crippen LogP contribution in [0.2, 0.25) is 0 Å². The van der Waals surface area contributed by atoms with Crippen LogP contribution in [0.15, 0.2) is 0 Å². The normalized spacial score (nSPS) is 39.8. The molecule has 5 heteroatoms. The van der Waals surface area contributed by atoms with Gasteiger partial charge in [-0.05, 0) is 6.92 Å². The van der Waals surface area contributed by atoms with Crippen molar-refractivity contribution in [2.75, 3.05) is 32.1 Å². The molecule has 0 bridgehead atoms. The fourth-order valence-electron chi connectivity index (χ4n) is 1.95.